The normalized spacial score (nSPS) is 16.0. The number of fused-ring (bicyclic) bond motifs is 1. The highest BCUT2D eigenvalue weighted by Gasteiger charge is 2.23. The summed E-state index contributed by atoms with van der Waals surface area (Å²) in [4.78, 5) is 15.5. The molecule has 1 N–H and O–H groups in total. The summed E-state index contributed by atoms with van der Waals surface area (Å²) in [5.74, 6) is 1.07. The number of rotatable bonds is 2. The molecule has 24 heavy (non-hydrogen) atoms. The van der Waals surface area contributed by atoms with Crippen molar-refractivity contribution in [3.05, 3.63) is 40.5 Å². The summed E-state index contributed by atoms with van der Waals surface area (Å²) >= 11 is 7.81. The highest BCUT2D eigenvalue weighted by atomic mass is 35.5. The number of hydrogen-bond donors (Lipinski definition) is 1. The second kappa shape index (κ2) is 6.31. The number of nitrogens with one attached hydrogen (secondary N) is 1. The highest BCUT2D eigenvalue weighted by Crippen LogP contribution is 2.41. The lowest BCUT2D eigenvalue weighted by Crippen LogP contribution is -3.12. The van der Waals surface area contributed by atoms with Crippen molar-refractivity contribution < 1.29 is 4.90 Å². The second-order valence-electron chi connectivity index (χ2n) is 6.36. The smallest absolute Gasteiger partial charge is 0.141 e. The Hall–Kier alpha value is -1.69. The van der Waals surface area contributed by atoms with E-state index in [1.165, 1.54) is 21.4 Å². The van der Waals surface area contributed by atoms with Crippen LogP contribution in [-0.2, 0) is 0 Å². The van der Waals surface area contributed by atoms with Crippen LogP contribution in [0.2, 0.25) is 5.02 Å². The number of nitrogens with zero attached hydrogens (tertiary/aromatic N) is 3. The molecule has 2 aromatic heterocycles. The minimum Gasteiger partial charge on any atom is -0.345 e. The number of quaternary nitrogens is 1. The molecule has 1 fully saturated rings. The molecule has 0 amide bonds. The summed E-state index contributed by atoms with van der Waals surface area (Å²) in [6.07, 6.45) is 1.70. The molecule has 124 valence electrons. The molecule has 0 spiro atoms. The van der Waals surface area contributed by atoms with Gasteiger partial charge in [-0.1, -0.05) is 23.7 Å². The molecule has 6 heteroatoms. The third-order valence-corrected chi connectivity index (χ3v) is 5.96. The van der Waals surface area contributed by atoms with Crippen molar-refractivity contribution in [2.45, 2.75) is 6.92 Å². The van der Waals surface area contributed by atoms with E-state index in [9.17, 15) is 0 Å². The van der Waals surface area contributed by atoms with Crippen LogP contribution < -0.4 is 9.80 Å². The summed E-state index contributed by atoms with van der Waals surface area (Å²) in [6, 6.07) is 8.06. The van der Waals surface area contributed by atoms with Gasteiger partial charge in [0.15, 0.2) is 0 Å². The van der Waals surface area contributed by atoms with Gasteiger partial charge < -0.3 is 9.80 Å². The molecule has 0 saturated carbocycles. The Kier molecular flexibility index (Phi) is 4.16. The number of thiophene rings is 1. The summed E-state index contributed by atoms with van der Waals surface area (Å²) < 4.78 is 0. The Morgan fingerprint density at radius 3 is 2.54 bits per heavy atom. The number of halogens is 1. The standard InChI is InChI=1S/C18H19ClN4S/c1-12-15(13-3-5-14(19)6-4-13)16-17(20-11-21-18(16)24-12)23-9-7-22(2)8-10-23/h3-6,11H,7-10H2,1-2H3/p+1. The first kappa shape index (κ1) is 15.8. The molecule has 0 unspecified atom stereocenters. The number of anilines is 1. The van der Waals surface area contributed by atoms with Crippen LogP contribution in [-0.4, -0.2) is 43.2 Å². The van der Waals surface area contributed by atoms with E-state index in [4.69, 9.17) is 11.6 Å². The van der Waals surface area contributed by atoms with Gasteiger partial charge in [-0.2, -0.15) is 0 Å². The molecule has 3 aromatic rings. The Labute approximate surface area is 150 Å². The first-order valence-electron chi connectivity index (χ1n) is 8.20. The molecular formula is C18H20ClN4S+. The van der Waals surface area contributed by atoms with E-state index in [-0.39, 0.29) is 0 Å². The fraction of sp³-hybridized carbons (Fsp3) is 0.333. The molecule has 1 aliphatic rings. The monoisotopic (exact) mass is 359 g/mol. The Morgan fingerprint density at radius 1 is 1.12 bits per heavy atom. The minimum atomic E-state index is 0.759. The van der Waals surface area contributed by atoms with Crippen LogP contribution in [0.25, 0.3) is 21.3 Å². The van der Waals surface area contributed by atoms with E-state index in [0.29, 0.717) is 0 Å². The average Bonchev–Trinajstić information content (AvgIpc) is 2.92. The molecule has 0 atom stereocenters. The van der Waals surface area contributed by atoms with E-state index in [0.717, 1.165) is 41.8 Å². The van der Waals surface area contributed by atoms with E-state index in [1.54, 1.807) is 22.6 Å². The SMILES string of the molecule is Cc1sc2ncnc(N3CC[NH+](C)CC3)c2c1-c1ccc(Cl)cc1. The summed E-state index contributed by atoms with van der Waals surface area (Å²) in [6.45, 7) is 6.52. The first-order chi connectivity index (χ1) is 11.6. The third-order valence-electron chi connectivity index (χ3n) is 4.69. The van der Waals surface area contributed by atoms with Crippen LogP contribution in [0, 0.1) is 6.92 Å². The number of aryl methyl sites for hydroxylation is 1. The summed E-state index contributed by atoms with van der Waals surface area (Å²) in [5, 5.41) is 1.94. The number of benzene rings is 1. The quantitative estimate of drug-likeness (QED) is 0.763. The van der Waals surface area contributed by atoms with Crippen molar-refractivity contribution in [2.75, 3.05) is 38.1 Å². The van der Waals surface area contributed by atoms with Crippen LogP contribution in [0.1, 0.15) is 4.88 Å². The van der Waals surface area contributed by atoms with Crippen molar-refractivity contribution in [3.63, 3.8) is 0 Å². The third kappa shape index (κ3) is 2.77. The lowest BCUT2D eigenvalue weighted by atomic mass is 10.0. The van der Waals surface area contributed by atoms with Gasteiger partial charge in [0.2, 0.25) is 0 Å². The van der Waals surface area contributed by atoms with Gasteiger partial charge in [0.1, 0.15) is 17.0 Å². The van der Waals surface area contributed by atoms with Crippen LogP contribution in [0.4, 0.5) is 5.82 Å². The molecule has 4 rings (SSSR count). The lowest BCUT2D eigenvalue weighted by Gasteiger charge is -2.31. The maximum Gasteiger partial charge on any atom is 0.141 e. The maximum atomic E-state index is 6.07. The van der Waals surface area contributed by atoms with Gasteiger partial charge in [-0.15, -0.1) is 11.3 Å². The maximum absolute atomic E-state index is 6.07. The molecule has 0 bridgehead atoms. The molecule has 4 nitrogen and oxygen atoms in total. The number of likely N-dealkylation sites (N-methyl/N-ethyl adjacent to an activating group) is 1. The Morgan fingerprint density at radius 2 is 1.83 bits per heavy atom. The molecular weight excluding hydrogens is 340 g/mol. The van der Waals surface area contributed by atoms with Crippen molar-refractivity contribution >= 4 is 39.0 Å². The number of hydrogen-bond acceptors (Lipinski definition) is 4. The zero-order chi connectivity index (χ0) is 16.7. The van der Waals surface area contributed by atoms with Crippen molar-refractivity contribution in [2.24, 2.45) is 0 Å². The first-order valence-corrected chi connectivity index (χ1v) is 9.39. The van der Waals surface area contributed by atoms with Crippen LogP contribution >= 0.6 is 22.9 Å². The number of aromatic nitrogens is 2. The molecule has 3 heterocycles. The number of piperazine rings is 1. The molecule has 0 aliphatic carbocycles. The van der Waals surface area contributed by atoms with E-state index in [2.05, 4.69) is 41.0 Å². The zero-order valence-electron chi connectivity index (χ0n) is 13.8. The van der Waals surface area contributed by atoms with Crippen molar-refractivity contribution in [1.29, 1.82) is 0 Å². The minimum absolute atomic E-state index is 0.759. The summed E-state index contributed by atoms with van der Waals surface area (Å²) in [5.41, 5.74) is 2.42. The van der Waals surface area contributed by atoms with Crippen molar-refractivity contribution in [3.8, 4) is 11.1 Å². The van der Waals surface area contributed by atoms with Gasteiger partial charge in [-0.3, -0.25) is 0 Å². The summed E-state index contributed by atoms with van der Waals surface area (Å²) in [7, 11) is 2.25. The van der Waals surface area contributed by atoms with E-state index >= 15 is 0 Å². The topological polar surface area (TPSA) is 33.5 Å². The Bertz CT molecular complexity index is 867. The molecule has 0 radical (unpaired) electrons. The second-order valence-corrected chi connectivity index (χ2v) is 8.00. The predicted molar refractivity (Wildman–Crippen MR) is 101 cm³/mol. The average molecular weight is 360 g/mol. The van der Waals surface area contributed by atoms with E-state index in [1.807, 2.05) is 12.1 Å². The lowest BCUT2D eigenvalue weighted by molar-refractivity contribution is -0.880. The molecule has 1 aliphatic heterocycles. The fourth-order valence-corrected chi connectivity index (χ4v) is 4.47. The zero-order valence-corrected chi connectivity index (χ0v) is 15.4. The predicted octanol–water partition coefficient (Wildman–Crippen LogP) is 2.65. The van der Waals surface area contributed by atoms with E-state index < -0.39 is 0 Å². The van der Waals surface area contributed by atoms with Gasteiger partial charge in [-0.05, 0) is 24.6 Å². The molecule has 1 saturated heterocycles. The van der Waals surface area contributed by atoms with Crippen LogP contribution in [0.15, 0.2) is 30.6 Å². The molecule has 1 aromatic carbocycles. The van der Waals surface area contributed by atoms with Crippen molar-refractivity contribution in [1.82, 2.24) is 9.97 Å². The van der Waals surface area contributed by atoms with Crippen LogP contribution in [0.3, 0.4) is 0 Å². The van der Waals surface area contributed by atoms with Gasteiger partial charge in [0.05, 0.1) is 38.6 Å². The van der Waals surface area contributed by atoms with Crippen LogP contribution in [0.5, 0.6) is 0 Å². The highest BCUT2D eigenvalue weighted by molar-refractivity contribution is 7.19. The van der Waals surface area contributed by atoms with Gasteiger partial charge in [-0.25, -0.2) is 9.97 Å². The van der Waals surface area contributed by atoms with Gasteiger partial charge >= 0.3 is 0 Å². The van der Waals surface area contributed by atoms with Gasteiger partial charge in [0, 0.05) is 15.5 Å². The van der Waals surface area contributed by atoms with Gasteiger partial charge in [0.25, 0.3) is 0 Å². The fourth-order valence-electron chi connectivity index (χ4n) is 3.33. The largest absolute Gasteiger partial charge is 0.345 e. The Balaban J connectivity index is 1.88.